The van der Waals surface area contributed by atoms with Crippen molar-refractivity contribution < 1.29 is 4.74 Å². The summed E-state index contributed by atoms with van der Waals surface area (Å²) in [6, 6.07) is 6.46. The molecule has 0 aromatic heterocycles. The van der Waals surface area contributed by atoms with Crippen LogP contribution >= 0.6 is 15.9 Å². The molecule has 0 amide bonds. The Labute approximate surface area is 124 Å². The molecule has 1 aromatic carbocycles. The highest BCUT2D eigenvalue weighted by Crippen LogP contribution is 2.32. The Balaban J connectivity index is 2.27. The van der Waals surface area contributed by atoms with Gasteiger partial charge in [0.25, 0.3) is 0 Å². The molecule has 1 unspecified atom stereocenters. The number of nitrogens with two attached hydrogens (primary N) is 1. The van der Waals surface area contributed by atoms with E-state index in [2.05, 4.69) is 46.0 Å². The molecule has 1 atom stereocenters. The van der Waals surface area contributed by atoms with Crippen LogP contribution < -0.4 is 10.6 Å². The monoisotopic (exact) mass is 326 g/mol. The number of rotatable bonds is 4. The second-order valence-corrected chi connectivity index (χ2v) is 6.41. The Morgan fingerprint density at radius 2 is 2.26 bits per heavy atom. The Morgan fingerprint density at radius 1 is 1.47 bits per heavy atom. The maximum absolute atomic E-state index is 5.72. The van der Waals surface area contributed by atoms with E-state index in [0.717, 1.165) is 30.4 Å². The molecule has 0 radical (unpaired) electrons. The van der Waals surface area contributed by atoms with Gasteiger partial charge in [-0.15, -0.1) is 0 Å². The van der Waals surface area contributed by atoms with Gasteiger partial charge >= 0.3 is 0 Å². The van der Waals surface area contributed by atoms with Crippen molar-refractivity contribution in [3.05, 3.63) is 28.2 Å². The molecule has 1 aromatic rings. The highest BCUT2D eigenvalue weighted by atomic mass is 79.9. The van der Waals surface area contributed by atoms with Gasteiger partial charge in [-0.05, 0) is 50.4 Å². The van der Waals surface area contributed by atoms with E-state index in [-0.39, 0.29) is 5.60 Å². The summed E-state index contributed by atoms with van der Waals surface area (Å²) in [6.45, 7) is 4.91. The predicted octanol–water partition coefficient (Wildman–Crippen LogP) is 2.96. The fourth-order valence-corrected chi connectivity index (χ4v) is 3.13. The molecule has 0 spiro atoms. The van der Waals surface area contributed by atoms with Crippen molar-refractivity contribution in [2.45, 2.75) is 31.8 Å². The van der Waals surface area contributed by atoms with Crippen LogP contribution in [0.3, 0.4) is 0 Å². The fraction of sp³-hybridized carbons (Fsp3) is 0.600. The second-order valence-electron chi connectivity index (χ2n) is 5.49. The molecule has 2 N–H and O–H groups in total. The van der Waals surface area contributed by atoms with E-state index in [1.54, 1.807) is 0 Å². The minimum absolute atomic E-state index is 0.0411. The molecule has 1 aliphatic heterocycles. The minimum Gasteiger partial charge on any atom is -0.377 e. The van der Waals surface area contributed by atoms with E-state index in [0.29, 0.717) is 6.54 Å². The molecular formula is C15H23BrN2O. The molecule has 1 aliphatic rings. The van der Waals surface area contributed by atoms with Crippen LogP contribution in [0, 0.1) is 0 Å². The lowest BCUT2D eigenvalue weighted by molar-refractivity contribution is -0.00468. The summed E-state index contributed by atoms with van der Waals surface area (Å²) in [5, 5.41) is 0. The zero-order valence-electron chi connectivity index (χ0n) is 11.8. The van der Waals surface area contributed by atoms with Crippen LogP contribution in [0.25, 0.3) is 0 Å². The van der Waals surface area contributed by atoms with Gasteiger partial charge < -0.3 is 15.4 Å². The van der Waals surface area contributed by atoms with E-state index < -0.39 is 0 Å². The zero-order chi connectivity index (χ0) is 13.9. The Bertz CT molecular complexity index is 438. The lowest BCUT2D eigenvalue weighted by atomic mass is 9.93. The third-order valence-electron chi connectivity index (χ3n) is 3.95. The van der Waals surface area contributed by atoms with Crippen LogP contribution in [0.1, 0.15) is 25.3 Å². The van der Waals surface area contributed by atoms with Gasteiger partial charge in [-0.3, -0.25) is 0 Å². The summed E-state index contributed by atoms with van der Waals surface area (Å²) >= 11 is 3.57. The Morgan fingerprint density at radius 3 is 2.95 bits per heavy atom. The maximum Gasteiger partial charge on any atom is 0.0825 e. The summed E-state index contributed by atoms with van der Waals surface area (Å²) in [4.78, 5) is 2.43. The molecule has 19 heavy (non-hydrogen) atoms. The maximum atomic E-state index is 5.72. The summed E-state index contributed by atoms with van der Waals surface area (Å²) in [7, 11) is 1.81. The number of anilines is 1. The average Bonchev–Trinajstić information content (AvgIpc) is 2.41. The minimum atomic E-state index is -0.0411. The van der Waals surface area contributed by atoms with E-state index in [4.69, 9.17) is 10.5 Å². The normalized spacial score (nSPS) is 23.7. The Kier molecular flexibility index (Phi) is 4.87. The lowest BCUT2D eigenvalue weighted by Crippen LogP contribution is -2.47. The van der Waals surface area contributed by atoms with Crippen LogP contribution in [0.4, 0.5) is 5.69 Å². The third kappa shape index (κ3) is 3.50. The topological polar surface area (TPSA) is 38.5 Å². The number of nitrogens with zero attached hydrogens (tertiary/aromatic N) is 1. The molecule has 3 nitrogen and oxygen atoms in total. The van der Waals surface area contributed by atoms with E-state index in [1.807, 2.05) is 7.11 Å². The third-order valence-corrected chi connectivity index (χ3v) is 4.45. The number of halogens is 1. The van der Waals surface area contributed by atoms with Crippen LogP contribution in [-0.2, 0) is 11.2 Å². The van der Waals surface area contributed by atoms with Crippen molar-refractivity contribution in [2.75, 3.05) is 31.6 Å². The molecular weight excluding hydrogens is 304 g/mol. The van der Waals surface area contributed by atoms with Crippen LogP contribution in [-0.4, -0.2) is 32.3 Å². The molecule has 0 aliphatic carbocycles. The number of ether oxygens (including phenoxy) is 1. The SMILES string of the molecule is COC1(C)CCCN(c2cc(Br)ccc2CCN)C1. The number of hydrogen-bond donors (Lipinski definition) is 1. The standard InChI is InChI=1S/C15H23BrN2O/c1-15(19-2)7-3-9-18(11-15)14-10-13(16)5-4-12(14)6-8-17/h4-5,10H,3,6-9,11,17H2,1-2H3. The number of piperidine rings is 1. The Hall–Kier alpha value is -0.580. The highest BCUT2D eigenvalue weighted by Gasteiger charge is 2.31. The van der Waals surface area contributed by atoms with E-state index in [9.17, 15) is 0 Å². The smallest absolute Gasteiger partial charge is 0.0825 e. The quantitative estimate of drug-likeness (QED) is 0.924. The summed E-state index contributed by atoms with van der Waals surface area (Å²) in [5.41, 5.74) is 8.30. The molecule has 1 heterocycles. The average molecular weight is 327 g/mol. The molecule has 106 valence electrons. The number of hydrogen-bond acceptors (Lipinski definition) is 3. The van der Waals surface area contributed by atoms with Crippen LogP contribution in [0.2, 0.25) is 0 Å². The first-order chi connectivity index (χ1) is 9.08. The molecule has 1 fully saturated rings. The van der Waals surface area contributed by atoms with Crippen molar-refractivity contribution in [1.82, 2.24) is 0 Å². The molecule has 4 heteroatoms. The first-order valence-corrected chi connectivity index (χ1v) is 7.66. The van der Waals surface area contributed by atoms with Gasteiger partial charge in [0.05, 0.1) is 5.60 Å². The van der Waals surface area contributed by atoms with E-state index >= 15 is 0 Å². The number of benzene rings is 1. The van der Waals surface area contributed by atoms with Gasteiger partial charge in [-0.25, -0.2) is 0 Å². The van der Waals surface area contributed by atoms with Crippen molar-refractivity contribution in [2.24, 2.45) is 5.73 Å². The lowest BCUT2D eigenvalue weighted by Gasteiger charge is -2.41. The first kappa shape index (κ1) is 14.8. The number of methoxy groups -OCH3 is 1. The predicted molar refractivity (Wildman–Crippen MR) is 83.8 cm³/mol. The van der Waals surface area contributed by atoms with Gasteiger partial charge in [0.2, 0.25) is 0 Å². The molecule has 1 saturated heterocycles. The first-order valence-electron chi connectivity index (χ1n) is 6.86. The second kappa shape index (κ2) is 6.25. The van der Waals surface area contributed by atoms with Crippen molar-refractivity contribution in [1.29, 1.82) is 0 Å². The molecule has 0 saturated carbocycles. The highest BCUT2D eigenvalue weighted by molar-refractivity contribution is 9.10. The van der Waals surface area contributed by atoms with Crippen molar-refractivity contribution in [3.8, 4) is 0 Å². The molecule has 0 bridgehead atoms. The van der Waals surface area contributed by atoms with Gasteiger partial charge in [0, 0.05) is 30.4 Å². The van der Waals surface area contributed by atoms with Crippen molar-refractivity contribution >= 4 is 21.6 Å². The van der Waals surface area contributed by atoms with Gasteiger partial charge in [0.15, 0.2) is 0 Å². The molecule has 2 rings (SSSR count). The van der Waals surface area contributed by atoms with Crippen LogP contribution in [0.5, 0.6) is 0 Å². The van der Waals surface area contributed by atoms with Gasteiger partial charge in [-0.2, -0.15) is 0 Å². The van der Waals surface area contributed by atoms with Crippen LogP contribution in [0.15, 0.2) is 22.7 Å². The van der Waals surface area contributed by atoms with E-state index in [1.165, 1.54) is 17.7 Å². The fourth-order valence-electron chi connectivity index (χ4n) is 2.78. The summed E-state index contributed by atoms with van der Waals surface area (Å²) in [5.74, 6) is 0. The summed E-state index contributed by atoms with van der Waals surface area (Å²) < 4.78 is 6.80. The van der Waals surface area contributed by atoms with Crippen molar-refractivity contribution in [3.63, 3.8) is 0 Å². The largest absolute Gasteiger partial charge is 0.377 e. The summed E-state index contributed by atoms with van der Waals surface area (Å²) in [6.07, 6.45) is 3.21. The zero-order valence-corrected chi connectivity index (χ0v) is 13.4. The van der Waals surface area contributed by atoms with Gasteiger partial charge in [-0.1, -0.05) is 22.0 Å². The van der Waals surface area contributed by atoms with Gasteiger partial charge in [0.1, 0.15) is 0 Å².